The molecule has 0 radical (unpaired) electrons. The third-order valence-corrected chi connectivity index (χ3v) is 3.17. The van der Waals surface area contributed by atoms with E-state index < -0.39 is 0 Å². The molecule has 0 aliphatic heterocycles. The van der Waals surface area contributed by atoms with E-state index in [1.54, 1.807) is 18.2 Å². The number of aromatic amines is 1. The van der Waals surface area contributed by atoms with Crippen molar-refractivity contribution in [3.63, 3.8) is 0 Å². The Labute approximate surface area is 101 Å². The highest BCUT2D eigenvalue weighted by molar-refractivity contribution is 6.37. The number of benzene rings is 2. The number of halogens is 1. The lowest BCUT2D eigenvalue weighted by Gasteiger charge is -2.05. The summed E-state index contributed by atoms with van der Waals surface area (Å²) in [6, 6.07) is 10.3. The van der Waals surface area contributed by atoms with Gasteiger partial charge >= 0.3 is 0 Å². The third-order valence-electron chi connectivity index (χ3n) is 2.79. The Kier molecular flexibility index (Phi) is 2.09. The molecule has 0 amide bonds. The van der Waals surface area contributed by atoms with Gasteiger partial charge in [0.1, 0.15) is 5.75 Å². The topological polar surface area (TPSA) is 53.1 Å². The first-order valence-corrected chi connectivity index (χ1v) is 5.48. The summed E-state index contributed by atoms with van der Waals surface area (Å²) in [5.74, 6) is -0.0834. The van der Waals surface area contributed by atoms with Gasteiger partial charge in [-0.3, -0.25) is 4.79 Å². The number of para-hydroxylation sites is 1. The summed E-state index contributed by atoms with van der Waals surface area (Å²) in [5, 5.41) is 10.5. The Balaban J connectivity index is 2.66. The molecular weight excluding hydrogens is 238 g/mol. The Hall–Kier alpha value is -2.00. The van der Waals surface area contributed by atoms with Crippen LogP contribution in [-0.2, 0) is 0 Å². The van der Waals surface area contributed by atoms with Crippen LogP contribution in [0.1, 0.15) is 0 Å². The quantitative estimate of drug-likeness (QED) is 0.598. The van der Waals surface area contributed by atoms with Crippen LogP contribution < -0.4 is 5.43 Å². The normalized spacial score (nSPS) is 11.1. The van der Waals surface area contributed by atoms with Crippen molar-refractivity contribution >= 4 is 33.4 Å². The lowest BCUT2D eigenvalue weighted by molar-refractivity contribution is 0.476. The molecule has 17 heavy (non-hydrogen) atoms. The monoisotopic (exact) mass is 245 g/mol. The van der Waals surface area contributed by atoms with Crippen LogP contribution in [0.15, 0.2) is 41.2 Å². The Morgan fingerprint density at radius 3 is 2.65 bits per heavy atom. The number of hydrogen-bond donors (Lipinski definition) is 2. The minimum absolute atomic E-state index is 0.0834. The van der Waals surface area contributed by atoms with Crippen molar-refractivity contribution in [3.8, 4) is 5.75 Å². The number of nitrogens with one attached hydrogen (secondary N) is 1. The first-order valence-electron chi connectivity index (χ1n) is 5.10. The fourth-order valence-electron chi connectivity index (χ4n) is 1.96. The van der Waals surface area contributed by atoms with Crippen molar-refractivity contribution in [2.24, 2.45) is 0 Å². The van der Waals surface area contributed by atoms with Gasteiger partial charge in [-0.05, 0) is 24.3 Å². The molecule has 1 heterocycles. The maximum absolute atomic E-state index is 12.2. The highest BCUT2D eigenvalue weighted by atomic mass is 35.5. The number of H-pyrrole nitrogens is 1. The molecule has 1 aromatic heterocycles. The molecule has 0 saturated carbocycles. The largest absolute Gasteiger partial charge is 0.506 e. The van der Waals surface area contributed by atoms with Gasteiger partial charge in [-0.1, -0.05) is 23.7 Å². The zero-order valence-corrected chi connectivity index (χ0v) is 9.45. The minimum atomic E-state index is -0.171. The molecule has 0 aliphatic rings. The number of fused-ring (bicyclic) bond motifs is 2. The van der Waals surface area contributed by atoms with Crippen LogP contribution in [0.3, 0.4) is 0 Å². The Morgan fingerprint density at radius 1 is 1.06 bits per heavy atom. The van der Waals surface area contributed by atoms with Crippen molar-refractivity contribution in [1.82, 2.24) is 4.98 Å². The number of hydrogen-bond acceptors (Lipinski definition) is 2. The predicted octanol–water partition coefficient (Wildman–Crippen LogP) is 3.04. The average molecular weight is 246 g/mol. The fourth-order valence-corrected chi connectivity index (χ4v) is 2.21. The predicted molar refractivity (Wildman–Crippen MR) is 68.7 cm³/mol. The van der Waals surface area contributed by atoms with Crippen LogP contribution in [-0.4, -0.2) is 10.1 Å². The molecule has 2 aromatic carbocycles. The van der Waals surface area contributed by atoms with Crippen molar-refractivity contribution in [1.29, 1.82) is 0 Å². The van der Waals surface area contributed by atoms with E-state index in [1.807, 2.05) is 12.1 Å². The number of aromatic hydroxyl groups is 1. The van der Waals surface area contributed by atoms with Gasteiger partial charge in [0, 0.05) is 10.9 Å². The van der Waals surface area contributed by atoms with Gasteiger partial charge in [-0.2, -0.15) is 0 Å². The summed E-state index contributed by atoms with van der Waals surface area (Å²) in [6.45, 7) is 0. The molecule has 3 nitrogen and oxygen atoms in total. The summed E-state index contributed by atoms with van der Waals surface area (Å²) in [4.78, 5) is 15.4. The first-order chi connectivity index (χ1) is 8.18. The summed E-state index contributed by atoms with van der Waals surface area (Å²) in [7, 11) is 0. The van der Waals surface area contributed by atoms with Crippen LogP contribution in [0.25, 0.3) is 21.8 Å². The molecule has 0 atom stereocenters. The summed E-state index contributed by atoms with van der Waals surface area (Å²) in [6.07, 6.45) is 0. The van der Waals surface area contributed by atoms with Crippen LogP contribution in [0, 0.1) is 0 Å². The number of phenolic OH excluding ortho intramolecular Hbond substituents is 1. The van der Waals surface area contributed by atoms with E-state index in [1.165, 1.54) is 6.07 Å². The van der Waals surface area contributed by atoms with Gasteiger partial charge in [-0.15, -0.1) is 0 Å². The molecule has 0 aliphatic carbocycles. The van der Waals surface area contributed by atoms with Gasteiger partial charge in [0.05, 0.1) is 15.9 Å². The molecular formula is C13H8ClNO2. The SMILES string of the molecule is O=c1c2ccccc2[nH]c2ccc(O)c(Cl)c12. The highest BCUT2D eigenvalue weighted by Gasteiger charge is 2.10. The number of pyridine rings is 1. The maximum atomic E-state index is 12.2. The molecule has 0 spiro atoms. The highest BCUT2D eigenvalue weighted by Crippen LogP contribution is 2.29. The molecule has 3 rings (SSSR count). The molecule has 0 unspecified atom stereocenters. The van der Waals surface area contributed by atoms with Gasteiger partial charge in [0.2, 0.25) is 0 Å². The van der Waals surface area contributed by atoms with E-state index in [0.717, 1.165) is 5.52 Å². The van der Waals surface area contributed by atoms with Gasteiger partial charge in [-0.25, -0.2) is 0 Å². The van der Waals surface area contributed by atoms with E-state index in [4.69, 9.17) is 11.6 Å². The molecule has 3 aromatic rings. The second kappa shape index (κ2) is 3.50. The van der Waals surface area contributed by atoms with Crippen LogP contribution in [0.4, 0.5) is 0 Å². The standard InChI is InChI=1S/C13H8ClNO2/c14-12-10(16)6-5-9-11(12)13(17)7-3-1-2-4-8(7)15-9/h1-6,16H,(H,15,17). The van der Waals surface area contributed by atoms with Gasteiger partial charge < -0.3 is 10.1 Å². The van der Waals surface area contributed by atoms with E-state index in [2.05, 4.69) is 4.98 Å². The number of aromatic nitrogens is 1. The third kappa shape index (κ3) is 1.40. The lowest BCUT2D eigenvalue weighted by Crippen LogP contribution is -2.04. The smallest absolute Gasteiger partial charge is 0.198 e. The second-order valence-electron chi connectivity index (χ2n) is 3.82. The molecule has 0 fully saturated rings. The lowest BCUT2D eigenvalue weighted by atomic mass is 10.1. The van der Waals surface area contributed by atoms with E-state index in [0.29, 0.717) is 16.3 Å². The zero-order valence-electron chi connectivity index (χ0n) is 8.70. The second-order valence-corrected chi connectivity index (χ2v) is 4.20. The van der Waals surface area contributed by atoms with Crippen molar-refractivity contribution in [2.75, 3.05) is 0 Å². The van der Waals surface area contributed by atoms with Crippen molar-refractivity contribution in [2.45, 2.75) is 0 Å². The van der Waals surface area contributed by atoms with E-state index in [9.17, 15) is 9.90 Å². The number of phenols is 1. The first kappa shape index (κ1) is 10.2. The van der Waals surface area contributed by atoms with Crippen LogP contribution in [0.2, 0.25) is 5.02 Å². The molecule has 4 heteroatoms. The Bertz CT molecular complexity index is 792. The van der Waals surface area contributed by atoms with Crippen LogP contribution >= 0.6 is 11.6 Å². The molecule has 84 valence electrons. The molecule has 0 saturated heterocycles. The summed E-state index contributed by atoms with van der Waals surface area (Å²) >= 11 is 5.96. The summed E-state index contributed by atoms with van der Waals surface area (Å²) < 4.78 is 0. The van der Waals surface area contributed by atoms with E-state index >= 15 is 0 Å². The minimum Gasteiger partial charge on any atom is -0.506 e. The average Bonchev–Trinajstić information content (AvgIpc) is 2.34. The zero-order chi connectivity index (χ0) is 12.0. The molecule has 2 N–H and O–H groups in total. The maximum Gasteiger partial charge on any atom is 0.198 e. The van der Waals surface area contributed by atoms with Crippen molar-refractivity contribution < 1.29 is 5.11 Å². The summed E-state index contributed by atoms with van der Waals surface area (Å²) in [5.41, 5.74) is 1.21. The van der Waals surface area contributed by atoms with E-state index in [-0.39, 0.29) is 16.2 Å². The van der Waals surface area contributed by atoms with Crippen LogP contribution in [0.5, 0.6) is 5.75 Å². The molecule has 0 bridgehead atoms. The fraction of sp³-hybridized carbons (Fsp3) is 0. The Morgan fingerprint density at radius 2 is 1.82 bits per heavy atom. The van der Waals surface area contributed by atoms with Gasteiger partial charge in [0.15, 0.2) is 5.43 Å². The van der Waals surface area contributed by atoms with Gasteiger partial charge in [0.25, 0.3) is 0 Å². The number of rotatable bonds is 0. The van der Waals surface area contributed by atoms with Crippen molar-refractivity contribution in [3.05, 3.63) is 51.6 Å².